The van der Waals surface area contributed by atoms with Crippen molar-refractivity contribution in [3.8, 4) is 0 Å². The maximum absolute atomic E-state index is 12.5. The zero-order valence-corrected chi connectivity index (χ0v) is 15.3. The smallest absolute Gasteiger partial charge is 0.240 e. The predicted molar refractivity (Wildman–Crippen MR) is 92.1 cm³/mol. The van der Waals surface area contributed by atoms with Gasteiger partial charge in [-0.2, -0.15) is 0 Å². The minimum absolute atomic E-state index is 0.0950. The molecular weight excluding hydrogens is 312 g/mol. The molecule has 1 atom stereocenters. The molecule has 1 aliphatic rings. The molecule has 6 heteroatoms. The molecule has 0 saturated carbocycles. The Morgan fingerprint density at radius 1 is 1.35 bits per heavy atom. The van der Waals surface area contributed by atoms with Gasteiger partial charge in [0.1, 0.15) is 0 Å². The molecule has 0 amide bonds. The number of benzene rings is 1. The second kappa shape index (κ2) is 7.75. The molecule has 1 aromatic rings. The quantitative estimate of drug-likeness (QED) is 0.860. The Morgan fingerprint density at radius 3 is 2.78 bits per heavy atom. The lowest BCUT2D eigenvalue weighted by Crippen LogP contribution is -2.48. The van der Waals surface area contributed by atoms with Crippen molar-refractivity contribution in [2.24, 2.45) is 5.92 Å². The highest BCUT2D eigenvalue weighted by molar-refractivity contribution is 7.89. The Balaban J connectivity index is 1.97. The number of nitrogens with one attached hydrogen (secondary N) is 1. The molecule has 0 radical (unpaired) electrons. The predicted octanol–water partition coefficient (Wildman–Crippen LogP) is 1.94. The number of rotatable bonds is 6. The Kier molecular flexibility index (Phi) is 6.19. The summed E-state index contributed by atoms with van der Waals surface area (Å²) in [5.74, 6) is 0.598. The highest BCUT2D eigenvalue weighted by Gasteiger charge is 2.24. The van der Waals surface area contributed by atoms with Crippen LogP contribution in [0.15, 0.2) is 23.1 Å². The van der Waals surface area contributed by atoms with E-state index in [1.54, 1.807) is 6.07 Å². The molecule has 0 bridgehead atoms. The average Bonchev–Trinajstić information content (AvgIpc) is 2.47. The summed E-state index contributed by atoms with van der Waals surface area (Å²) in [6.07, 6.45) is -0.0950. The van der Waals surface area contributed by atoms with Gasteiger partial charge in [-0.1, -0.05) is 26.0 Å². The molecule has 5 nitrogen and oxygen atoms in total. The number of aryl methyl sites for hydroxylation is 2. The summed E-state index contributed by atoms with van der Waals surface area (Å²) < 4.78 is 33.5. The first-order chi connectivity index (χ1) is 10.8. The molecule has 1 saturated heterocycles. The first kappa shape index (κ1) is 18.4. The normalized spacial score (nSPS) is 20.1. The van der Waals surface area contributed by atoms with Crippen LogP contribution in [0.2, 0.25) is 0 Å². The van der Waals surface area contributed by atoms with E-state index < -0.39 is 10.0 Å². The van der Waals surface area contributed by atoms with Crippen LogP contribution in [0.3, 0.4) is 0 Å². The van der Waals surface area contributed by atoms with Crippen molar-refractivity contribution in [3.63, 3.8) is 0 Å². The fourth-order valence-corrected chi connectivity index (χ4v) is 4.26. The lowest BCUT2D eigenvalue weighted by molar-refractivity contribution is -0.0280. The number of hydrogen-bond acceptors (Lipinski definition) is 4. The van der Waals surface area contributed by atoms with Crippen molar-refractivity contribution in [1.29, 1.82) is 0 Å². The minimum atomic E-state index is -3.50. The summed E-state index contributed by atoms with van der Waals surface area (Å²) in [6, 6.07) is 5.47. The third kappa shape index (κ3) is 5.28. The zero-order valence-electron chi connectivity index (χ0n) is 14.5. The van der Waals surface area contributed by atoms with Crippen LogP contribution in [-0.4, -0.2) is 52.2 Å². The summed E-state index contributed by atoms with van der Waals surface area (Å²) in [6.45, 7) is 11.8. The summed E-state index contributed by atoms with van der Waals surface area (Å²) in [5.41, 5.74) is 1.70. The van der Waals surface area contributed by atoms with E-state index in [0.717, 1.165) is 30.8 Å². The van der Waals surface area contributed by atoms with E-state index in [2.05, 4.69) is 23.5 Å². The number of ether oxygens (including phenoxy) is 1. The van der Waals surface area contributed by atoms with Crippen molar-refractivity contribution in [2.45, 2.75) is 38.7 Å². The summed E-state index contributed by atoms with van der Waals surface area (Å²) in [7, 11) is -3.50. The molecule has 0 aromatic heterocycles. The Labute approximate surface area is 140 Å². The second-order valence-electron chi connectivity index (χ2n) is 6.77. The van der Waals surface area contributed by atoms with Crippen LogP contribution in [0.4, 0.5) is 0 Å². The van der Waals surface area contributed by atoms with Gasteiger partial charge in [0, 0.05) is 26.2 Å². The van der Waals surface area contributed by atoms with Crippen LogP contribution in [0.5, 0.6) is 0 Å². The molecule has 23 heavy (non-hydrogen) atoms. The lowest BCUT2D eigenvalue weighted by atomic mass is 10.2. The molecule has 130 valence electrons. The SMILES string of the molecule is Cc1ccc(C)c(S(=O)(=O)NCC2CN(CC(C)C)CCO2)c1. The second-order valence-corrected chi connectivity index (χ2v) is 8.50. The van der Waals surface area contributed by atoms with Gasteiger partial charge in [0.25, 0.3) is 0 Å². The van der Waals surface area contributed by atoms with Crippen LogP contribution in [0, 0.1) is 19.8 Å². The van der Waals surface area contributed by atoms with Crippen LogP contribution >= 0.6 is 0 Å². The van der Waals surface area contributed by atoms with Crippen LogP contribution in [0.25, 0.3) is 0 Å². The van der Waals surface area contributed by atoms with Gasteiger partial charge >= 0.3 is 0 Å². The van der Waals surface area contributed by atoms with Gasteiger partial charge in [0.2, 0.25) is 10.0 Å². The van der Waals surface area contributed by atoms with Crippen LogP contribution < -0.4 is 4.72 Å². The molecule has 1 aromatic carbocycles. The number of nitrogens with zero attached hydrogens (tertiary/aromatic N) is 1. The molecule has 0 aliphatic carbocycles. The summed E-state index contributed by atoms with van der Waals surface area (Å²) in [4.78, 5) is 2.69. The van der Waals surface area contributed by atoms with E-state index in [1.165, 1.54) is 0 Å². The maximum Gasteiger partial charge on any atom is 0.240 e. The average molecular weight is 340 g/mol. The van der Waals surface area contributed by atoms with E-state index in [4.69, 9.17) is 4.74 Å². The third-order valence-corrected chi connectivity index (χ3v) is 5.55. The van der Waals surface area contributed by atoms with E-state index in [-0.39, 0.29) is 6.10 Å². The topological polar surface area (TPSA) is 58.6 Å². The first-order valence-corrected chi connectivity index (χ1v) is 9.67. The van der Waals surface area contributed by atoms with Crippen molar-refractivity contribution in [1.82, 2.24) is 9.62 Å². The van der Waals surface area contributed by atoms with Crippen molar-refractivity contribution in [3.05, 3.63) is 29.3 Å². The van der Waals surface area contributed by atoms with Gasteiger partial charge in [-0.3, -0.25) is 4.90 Å². The fraction of sp³-hybridized carbons (Fsp3) is 0.647. The third-order valence-electron chi connectivity index (χ3n) is 3.98. The maximum atomic E-state index is 12.5. The fourth-order valence-electron chi connectivity index (χ4n) is 2.86. The van der Waals surface area contributed by atoms with Crippen molar-refractivity contribution < 1.29 is 13.2 Å². The Morgan fingerprint density at radius 2 is 2.09 bits per heavy atom. The van der Waals surface area contributed by atoms with E-state index >= 15 is 0 Å². The first-order valence-electron chi connectivity index (χ1n) is 8.19. The standard InChI is InChI=1S/C17H28N2O3S/c1-13(2)11-19-7-8-22-16(12-19)10-18-23(20,21)17-9-14(3)5-6-15(17)4/h5-6,9,13,16,18H,7-8,10-12H2,1-4H3. The number of morpholine rings is 1. The van der Waals surface area contributed by atoms with E-state index in [0.29, 0.717) is 24.0 Å². The Hall–Kier alpha value is -0.950. The van der Waals surface area contributed by atoms with Gasteiger partial charge in [0.15, 0.2) is 0 Å². The van der Waals surface area contributed by atoms with Gasteiger partial charge < -0.3 is 4.74 Å². The van der Waals surface area contributed by atoms with Crippen LogP contribution in [-0.2, 0) is 14.8 Å². The van der Waals surface area contributed by atoms with Gasteiger partial charge in [-0.25, -0.2) is 13.1 Å². The number of sulfonamides is 1. The molecular formula is C17H28N2O3S. The highest BCUT2D eigenvalue weighted by Crippen LogP contribution is 2.17. The molecule has 1 fully saturated rings. The monoisotopic (exact) mass is 340 g/mol. The summed E-state index contributed by atoms with van der Waals surface area (Å²) >= 11 is 0. The van der Waals surface area contributed by atoms with Gasteiger partial charge in [-0.05, 0) is 37.0 Å². The lowest BCUT2D eigenvalue weighted by Gasteiger charge is -2.33. The molecule has 0 spiro atoms. The Bertz CT molecular complexity index is 629. The molecule has 1 heterocycles. The number of hydrogen-bond donors (Lipinski definition) is 1. The molecule has 1 N–H and O–H groups in total. The van der Waals surface area contributed by atoms with Crippen molar-refractivity contribution >= 4 is 10.0 Å². The summed E-state index contributed by atoms with van der Waals surface area (Å²) in [5, 5.41) is 0. The van der Waals surface area contributed by atoms with Crippen LogP contribution in [0.1, 0.15) is 25.0 Å². The van der Waals surface area contributed by atoms with Gasteiger partial charge in [0.05, 0.1) is 17.6 Å². The highest BCUT2D eigenvalue weighted by atomic mass is 32.2. The van der Waals surface area contributed by atoms with E-state index in [1.807, 2.05) is 26.0 Å². The minimum Gasteiger partial charge on any atom is -0.374 e. The van der Waals surface area contributed by atoms with Crippen molar-refractivity contribution in [2.75, 3.05) is 32.8 Å². The van der Waals surface area contributed by atoms with E-state index in [9.17, 15) is 8.42 Å². The molecule has 2 rings (SSSR count). The molecule has 1 aliphatic heterocycles. The zero-order chi connectivity index (χ0) is 17.0. The largest absolute Gasteiger partial charge is 0.374 e. The van der Waals surface area contributed by atoms with Gasteiger partial charge in [-0.15, -0.1) is 0 Å². The molecule has 1 unspecified atom stereocenters.